The van der Waals surface area contributed by atoms with Crippen molar-refractivity contribution in [1.29, 1.82) is 0 Å². The first-order valence-corrected chi connectivity index (χ1v) is 6.47. The Balaban J connectivity index is 2.12. The number of rotatable bonds is 1. The van der Waals surface area contributed by atoms with Crippen LogP contribution in [0.2, 0.25) is 0 Å². The molecule has 3 heteroatoms. The van der Waals surface area contributed by atoms with Crippen LogP contribution in [0.25, 0.3) is 33.1 Å². The third kappa shape index (κ3) is 1.64. The minimum Gasteiger partial charge on any atom is -0.254 e. The molecule has 4 aromatic rings. The maximum Gasteiger partial charge on any atom is 0.116 e. The molecule has 20 heavy (non-hydrogen) atoms. The molecule has 0 spiro atoms. The van der Waals surface area contributed by atoms with Gasteiger partial charge in [-0.05, 0) is 17.5 Å². The lowest BCUT2D eigenvalue weighted by atomic mass is 10.0. The maximum absolute atomic E-state index is 4.54. The summed E-state index contributed by atoms with van der Waals surface area (Å²) in [7, 11) is 0. The summed E-state index contributed by atoms with van der Waals surface area (Å²) in [5.41, 5.74) is 2.72. The summed E-state index contributed by atoms with van der Waals surface area (Å²) >= 11 is 0. The average Bonchev–Trinajstić information content (AvgIpc) is 2.54. The van der Waals surface area contributed by atoms with E-state index in [2.05, 4.69) is 27.1 Å². The van der Waals surface area contributed by atoms with Crippen molar-refractivity contribution >= 4 is 21.7 Å². The fraction of sp³-hybridized carbons (Fsp3) is 0. The summed E-state index contributed by atoms with van der Waals surface area (Å²) in [5.74, 6) is 0. The normalized spacial score (nSPS) is 11.0. The first-order chi connectivity index (χ1) is 9.93. The Hall–Kier alpha value is -2.81. The molecule has 0 fully saturated rings. The molecule has 0 saturated carbocycles. The van der Waals surface area contributed by atoms with Crippen LogP contribution in [0.3, 0.4) is 0 Å². The maximum atomic E-state index is 4.54. The second-order valence-electron chi connectivity index (χ2n) is 4.62. The first kappa shape index (κ1) is 11.1. The molecule has 0 atom stereocenters. The molecular formula is C17H11N3. The third-order valence-corrected chi connectivity index (χ3v) is 3.44. The van der Waals surface area contributed by atoms with Crippen molar-refractivity contribution < 1.29 is 0 Å². The molecule has 2 aromatic heterocycles. The molecule has 0 aliphatic heterocycles. The Morgan fingerprint density at radius 1 is 0.600 bits per heavy atom. The molecule has 94 valence electrons. The van der Waals surface area contributed by atoms with Crippen LogP contribution in [-0.2, 0) is 0 Å². The molecule has 0 unspecified atom stereocenters. The molecule has 2 heterocycles. The quantitative estimate of drug-likeness (QED) is 0.520. The van der Waals surface area contributed by atoms with Crippen molar-refractivity contribution in [2.45, 2.75) is 0 Å². The van der Waals surface area contributed by atoms with Gasteiger partial charge in [-0.2, -0.15) is 0 Å². The monoisotopic (exact) mass is 257 g/mol. The van der Waals surface area contributed by atoms with E-state index in [0.717, 1.165) is 27.7 Å². The molecule has 0 aliphatic rings. The number of fused-ring (bicyclic) bond motifs is 2. The number of nitrogens with zero attached hydrogens (tertiary/aromatic N) is 3. The SMILES string of the molecule is c1ccc2c(-c3ncnc4ccccc34)nccc2c1. The highest BCUT2D eigenvalue weighted by molar-refractivity contribution is 6.00. The van der Waals surface area contributed by atoms with Crippen LogP contribution in [0.1, 0.15) is 0 Å². The molecule has 0 radical (unpaired) electrons. The number of benzene rings is 2. The summed E-state index contributed by atoms with van der Waals surface area (Å²) in [5, 5.41) is 3.30. The van der Waals surface area contributed by atoms with Gasteiger partial charge in [0.25, 0.3) is 0 Å². The Morgan fingerprint density at radius 2 is 1.35 bits per heavy atom. The topological polar surface area (TPSA) is 38.7 Å². The summed E-state index contributed by atoms with van der Waals surface area (Å²) in [4.78, 5) is 13.3. The van der Waals surface area contributed by atoms with Gasteiger partial charge in [-0.25, -0.2) is 9.97 Å². The van der Waals surface area contributed by atoms with Crippen molar-refractivity contribution in [2.24, 2.45) is 0 Å². The lowest BCUT2D eigenvalue weighted by molar-refractivity contribution is 1.20. The minimum absolute atomic E-state index is 0.882. The van der Waals surface area contributed by atoms with Crippen molar-refractivity contribution in [3.63, 3.8) is 0 Å². The van der Waals surface area contributed by atoms with Crippen LogP contribution in [0.4, 0.5) is 0 Å². The number of hydrogen-bond donors (Lipinski definition) is 0. The summed E-state index contributed by atoms with van der Waals surface area (Å²) in [6, 6.07) is 18.2. The fourth-order valence-electron chi connectivity index (χ4n) is 2.50. The van der Waals surface area contributed by atoms with Gasteiger partial charge >= 0.3 is 0 Å². The zero-order chi connectivity index (χ0) is 13.4. The highest BCUT2D eigenvalue weighted by atomic mass is 14.9. The molecule has 0 N–H and O–H groups in total. The Labute approximate surface area is 116 Å². The number of pyridine rings is 1. The zero-order valence-electron chi connectivity index (χ0n) is 10.7. The summed E-state index contributed by atoms with van der Waals surface area (Å²) in [6.07, 6.45) is 3.43. The minimum atomic E-state index is 0.882. The van der Waals surface area contributed by atoms with Crippen LogP contribution in [0.5, 0.6) is 0 Å². The van der Waals surface area contributed by atoms with Crippen LogP contribution in [0.15, 0.2) is 67.1 Å². The fourth-order valence-corrected chi connectivity index (χ4v) is 2.50. The standard InChI is InChI=1S/C17H11N3/c1-2-6-13-12(5-1)9-10-18-16(13)17-14-7-3-4-8-15(14)19-11-20-17/h1-11H. The molecule has 0 bridgehead atoms. The van der Waals surface area contributed by atoms with E-state index in [0.29, 0.717) is 0 Å². The van der Waals surface area contributed by atoms with Gasteiger partial charge in [0.2, 0.25) is 0 Å². The third-order valence-electron chi connectivity index (χ3n) is 3.44. The number of para-hydroxylation sites is 1. The van der Waals surface area contributed by atoms with Crippen LogP contribution < -0.4 is 0 Å². The van der Waals surface area contributed by atoms with E-state index >= 15 is 0 Å². The van der Waals surface area contributed by atoms with E-state index in [4.69, 9.17) is 0 Å². The molecule has 4 rings (SSSR count). The van der Waals surface area contributed by atoms with Crippen LogP contribution in [-0.4, -0.2) is 15.0 Å². The predicted molar refractivity (Wildman–Crippen MR) is 80.3 cm³/mol. The summed E-state index contributed by atoms with van der Waals surface area (Å²) in [6.45, 7) is 0. The zero-order valence-corrected chi connectivity index (χ0v) is 10.7. The van der Waals surface area contributed by atoms with E-state index in [9.17, 15) is 0 Å². The molecule has 0 aliphatic carbocycles. The lowest BCUT2D eigenvalue weighted by Gasteiger charge is -2.07. The van der Waals surface area contributed by atoms with Crippen molar-refractivity contribution in [1.82, 2.24) is 15.0 Å². The lowest BCUT2D eigenvalue weighted by Crippen LogP contribution is -1.92. The smallest absolute Gasteiger partial charge is 0.116 e. The van der Waals surface area contributed by atoms with E-state index in [-0.39, 0.29) is 0 Å². The molecular weight excluding hydrogens is 246 g/mol. The van der Waals surface area contributed by atoms with Gasteiger partial charge in [0.05, 0.1) is 11.2 Å². The van der Waals surface area contributed by atoms with Gasteiger partial charge in [-0.3, -0.25) is 4.98 Å². The Kier molecular flexibility index (Phi) is 2.42. The van der Waals surface area contributed by atoms with Gasteiger partial charge in [0.15, 0.2) is 0 Å². The van der Waals surface area contributed by atoms with Crippen LogP contribution >= 0.6 is 0 Å². The van der Waals surface area contributed by atoms with Crippen molar-refractivity contribution in [3.05, 3.63) is 67.1 Å². The van der Waals surface area contributed by atoms with E-state index in [1.807, 2.05) is 48.7 Å². The van der Waals surface area contributed by atoms with Crippen molar-refractivity contribution in [2.75, 3.05) is 0 Å². The second kappa shape index (κ2) is 4.38. The Morgan fingerprint density at radius 3 is 2.30 bits per heavy atom. The van der Waals surface area contributed by atoms with E-state index in [1.54, 1.807) is 6.33 Å². The number of aromatic nitrogens is 3. The Bertz CT molecular complexity index is 828. The van der Waals surface area contributed by atoms with Gasteiger partial charge in [-0.15, -0.1) is 0 Å². The van der Waals surface area contributed by atoms with E-state index < -0.39 is 0 Å². The largest absolute Gasteiger partial charge is 0.254 e. The first-order valence-electron chi connectivity index (χ1n) is 6.47. The second-order valence-corrected chi connectivity index (χ2v) is 4.62. The van der Waals surface area contributed by atoms with Gasteiger partial charge < -0.3 is 0 Å². The van der Waals surface area contributed by atoms with Gasteiger partial charge in [0.1, 0.15) is 12.0 Å². The van der Waals surface area contributed by atoms with Crippen molar-refractivity contribution in [3.8, 4) is 11.4 Å². The molecule has 0 saturated heterocycles. The summed E-state index contributed by atoms with van der Waals surface area (Å²) < 4.78 is 0. The van der Waals surface area contributed by atoms with Crippen LogP contribution in [0, 0.1) is 0 Å². The van der Waals surface area contributed by atoms with Gasteiger partial charge in [-0.1, -0.05) is 42.5 Å². The number of hydrogen-bond acceptors (Lipinski definition) is 3. The molecule has 3 nitrogen and oxygen atoms in total. The highest BCUT2D eigenvalue weighted by Gasteiger charge is 2.10. The highest BCUT2D eigenvalue weighted by Crippen LogP contribution is 2.29. The molecule has 0 amide bonds. The van der Waals surface area contributed by atoms with E-state index in [1.165, 1.54) is 5.39 Å². The molecule has 2 aromatic carbocycles. The average molecular weight is 257 g/mol. The predicted octanol–water partition coefficient (Wildman–Crippen LogP) is 3.85. The van der Waals surface area contributed by atoms with Gasteiger partial charge in [0, 0.05) is 17.0 Å².